The lowest BCUT2D eigenvalue weighted by Crippen LogP contribution is -2.60. The number of aliphatic hydroxyl groups excluding tert-OH is 1. The summed E-state index contributed by atoms with van der Waals surface area (Å²) in [7, 11) is 0. The average Bonchev–Trinajstić information content (AvgIpc) is 2.75. The van der Waals surface area contributed by atoms with Gasteiger partial charge in [0.2, 0.25) is 6.35 Å². The smallest absolute Gasteiger partial charge is 0.410 e. The Balaban J connectivity index is 2.08. The number of hydrazone groups is 1. The second-order valence-electron chi connectivity index (χ2n) is 5.56. The van der Waals surface area contributed by atoms with Gasteiger partial charge in [-0.1, -0.05) is 0 Å². The van der Waals surface area contributed by atoms with Crippen LogP contribution in [-0.4, -0.2) is 45.5 Å². The second kappa shape index (κ2) is 6.41. The van der Waals surface area contributed by atoms with E-state index >= 15 is 0 Å². The Kier molecular flexibility index (Phi) is 4.97. The maximum Gasteiger partial charge on any atom is 0.572 e. The minimum Gasteiger partial charge on any atom is -0.410 e. The molecule has 142 valence electrons. The highest BCUT2D eigenvalue weighted by Gasteiger charge is 2.62. The fraction of sp³-hybridized carbons (Fsp3) is 0.615. The van der Waals surface area contributed by atoms with Crippen molar-refractivity contribution in [2.24, 2.45) is 5.10 Å². The van der Waals surface area contributed by atoms with E-state index in [-0.39, 0.29) is 35.0 Å². The fourth-order valence-corrected chi connectivity index (χ4v) is 2.43. The number of rotatable bonds is 4. The van der Waals surface area contributed by atoms with E-state index in [2.05, 4.69) is 15.2 Å². The van der Waals surface area contributed by atoms with Gasteiger partial charge in [-0.05, 0) is 25.5 Å². The Morgan fingerprint density at radius 1 is 1.24 bits per heavy atom. The van der Waals surface area contributed by atoms with Gasteiger partial charge in [0.15, 0.2) is 0 Å². The van der Waals surface area contributed by atoms with Gasteiger partial charge in [-0.25, -0.2) is 5.01 Å². The molecule has 1 heterocycles. The van der Waals surface area contributed by atoms with Crippen LogP contribution in [-0.2, 0) is 4.74 Å². The first-order valence-corrected chi connectivity index (χ1v) is 7.04. The quantitative estimate of drug-likeness (QED) is 0.519. The minimum absolute atomic E-state index is 0.0417. The lowest BCUT2D eigenvalue weighted by Gasteiger charge is -2.37. The SMILES string of the molecule is CC1=NN(C(O)NC2=CC=C(OC(F)(F)F)CC2)C(O)(C(F)(F)F)C1. The van der Waals surface area contributed by atoms with Crippen molar-refractivity contribution in [3.63, 3.8) is 0 Å². The zero-order valence-corrected chi connectivity index (χ0v) is 12.8. The van der Waals surface area contributed by atoms with Crippen molar-refractivity contribution in [3.05, 3.63) is 23.6 Å². The normalized spacial score (nSPS) is 26.0. The highest BCUT2D eigenvalue weighted by Crippen LogP contribution is 2.40. The summed E-state index contributed by atoms with van der Waals surface area (Å²) in [6.45, 7) is 1.26. The van der Waals surface area contributed by atoms with E-state index in [9.17, 15) is 36.6 Å². The summed E-state index contributed by atoms with van der Waals surface area (Å²) < 4.78 is 79.2. The lowest BCUT2D eigenvalue weighted by molar-refractivity contribution is -0.329. The third-order valence-corrected chi connectivity index (χ3v) is 3.52. The first-order chi connectivity index (χ1) is 11.3. The summed E-state index contributed by atoms with van der Waals surface area (Å²) >= 11 is 0. The Bertz CT molecular complexity index is 613. The third-order valence-electron chi connectivity index (χ3n) is 3.52. The number of nitrogens with zero attached hydrogens (tertiary/aromatic N) is 2. The lowest BCUT2D eigenvalue weighted by atomic mass is 10.1. The molecule has 0 spiro atoms. The van der Waals surface area contributed by atoms with Crippen molar-refractivity contribution in [2.75, 3.05) is 0 Å². The Labute approximate surface area is 138 Å². The number of nitrogens with one attached hydrogen (secondary N) is 1. The zero-order chi connectivity index (χ0) is 19.0. The van der Waals surface area contributed by atoms with Gasteiger partial charge in [0.25, 0.3) is 5.72 Å². The van der Waals surface area contributed by atoms with Crippen LogP contribution in [0.1, 0.15) is 26.2 Å². The molecule has 1 aliphatic heterocycles. The molecule has 0 radical (unpaired) electrons. The first kappa shape index (κ1) is 19.4. The highest BCUT2D eigenvalue weighted by molar-refractivity contribution is 5.84. The molecule has 6 nitrogen and oxygen atoms in total. The van der Waals surface area contributed by atoms with Crippen molar-refractivity contribution in [1.82, 2.24) is 10.3 Å². The van der Waals surface area contributed by atoms with Crippen LogP contribution in [0.25, 0.3) is 0 Å². The topological polar surface area (TPSA) is 77.3 Å². The van der Waals surface area contributed by atoms with E-state index < -0.39 is 31.0 Å². The predicted molar refractivity (Wildman–Crippen MR) is 72.3 cm³/mol. The molecule has 2 atom stereocenters. The van der Waals surface area contributed by atoms with Crippen molar-refractivity contribution in [1.29, 1.82) is 0 Å². The monoisotopic (exact) mass is 375 g/mol. The van der Waals surface area contributed by atoms with Gasteiger partial charge < -0.3 is 20.3 Å². The number of hydrogen-bond donors (Lipinski definition) is 3. The second-order valence-corrected chi connectivity index (χ2v) is 5.56. The predicted octanol–water partition coefficient (Wildman–Crippen LogP) is 2.28. The molecule has 2 rings (SSSR count). The average molecular weight is 375 g/mol. The van der Waals surface area contributed by atoms with Crippen LogP contribution in [0.4, 0.5) is 26.3 Å². The molecule has 2 unspecified atom stereocenters. The van der Waals surface area contributed by atoms with E-state index in [0.29, 0.717) is 0 Å². The number of ether oxygens (including phenoxy) is 1. The Morgan fingerprint density at radius 3 is 2.36 bits per heavy atom. The van der Waals surface area contributed by atoms with Crippen LogP contribution in [0.2, 0.25) is 0 Å². The van der Waals surface area contributed by atoms with Crippen LogP contribution in [0, 0.1) is 0 Å². The maximum atomic E-state index is 13.1. The first-order valence-electron chi connectivity index (χ1n) is 7.04. The highest BCUT2D eigenvalue weighted by atomic mass is 19.4. The third kappa shape index (κ3) is 4.37. The Morgan fingerprint density at radius 2 is 1.88 bits per heavy atom. The molecule has 2 aliphatic rings. The molecule has 0 saturated carbocycles. The summed E-state index contributed by atoms with van der Waals surface area (Å²) in [6.07, 6.45) is -10.9. The van der Waals surface area contributed by atoms with Gasteiger partial charge >= 0.3 is 12.5 Å². The van der Waals surface area contributed by atoms with E-state index in [4.69, 9.17) is 0 Å². The van der Waals surface area contributed by atoms with Gasteiger partial charge in [-0.3, -0.25) is 0 Å². The van der Waals surface area contributed by atoms with E-state index in [1.54, 1.807) is 0 Å². The van der Waals surface area contributed by atoms with Gasteiger partial charge in [0.05, 0.1) is 0 Å². The van der Waals surface area contributed by atoms with Crippen molar-refractivity contribution >= 4 is 5.71 Å². The fourth-order valence-electron chi connectivity index (χ4n) is 2.43. The van der Waals surface area contributed by atoms with E-state index in [0.717, 1.165) is 12.2 Å². The number of halogens is 6. The van der Waals surface area contributed by atoms with Crippen LogP contribution in [0.3, 0.4) is 0 Å². The van der Waals surface area contributed by atoms with Crippen molar-refractivity contribution in [3.8, 4) is 0 Å². The van der Waals surface area contributed by atoms with Crippen molar-refractivity contribution in [2.45, 2.75) is 50.8 Å². The molecule has 0 aromatic rings. The maximum absolute atomic E-state index is 13.1. The molecule has 25 heavy (non-hydrogen) atoms. The van der Waals surface area contributed by atoms with Crippen LogP contribution in [0.15, 0.2) is 28.7 Å². The molecule has 3 N–H and O–H groups in total. The van der Waals surface area contributed by atoms with E-state index in [1.165, 1.54) is 6.92 Å². The summed E-state index contributed by atoms with van der Waals surface area (Å²) in [6, 6.07) is 0. The molecule has 12 heteroatoms. The molecule has 0 bridgehead atoms. The molecule has 1 aliphatic carbocycles. The zero-order valence-electron chi connectivity index (χ0n) is 12.8. The van der Waals surface area contributed by atoms with Crippen LogP contribution in [0.5, 0.6) is 0 Å². The summed E-state index contributed by atoms with van der Waals surface area (Å²) in [5.41, 5.74) is -3.26. The van der Waals surface area contributed by atoms with E-state index in [1.807, 2.05) is 0 Å². The van der Waals surface area contributed by atoms with Gasteiger partial charge in [0, 0.05) is 24.3 Å². The summed E-state index contributed by atoms with van der Waals surface area (Å²) in [5.74, 6) is -0.366. The number of hydrogen-bond acceptors (Lipinski definition) is 6. The minimum atomic E-state index is -5.08. The molecule has 0 amide bonds. The van der Waals surface area contributed by atoms with Crippen LogP contribution < -0.4 is 5.32 Å². The Hall–Kier alpha value is -1.95. The van der Waals surface area contributed by atoms with Gasteiger partial charge in [0.1, 0.15) is 5.76 Å². The number of alkyl halides is 6. The number of allylic oxidation sites excluding steroid dienone is 4. The molecular weight excluding hydrogens is 360 g/mol. The molecule has 0 fully saturated rings. The molecular formula is C13H15F6N3O3. The molecule has 0 aromatic carbocycles. The van der Waals surface area contributed by atoms with Crippen molar-refractivity contribution < 1.29 is 41.3 Å². The largest absolute Gasteiger partial charge is 0.572 e. The summed E-state index contributed by atoms with van der Waals surface area (Å²) in [5, 5.41) is 25.6. The summed E-state index contributed by atoms with van der Waals surface area (Å²) in [4.78, 5) is 0. The standard InChI is InChI=1S/C13H15F6N3O3/c1-7-6-11(24,12(14,15)16)22(21-7)10(23)20-8-2-4-9(5-3-8)25-13(17,18)19/h2,4,10,20,23-24H,3,5-6H2,1H3. The van der Waals surface area contributed by atoms with Gasteiger partial charge in [-0.2, -0.15) is 18.3 Å². The van der Waals surface area contributed by atoms with Gasteiger partial charge in [-0.15, -0.1) is 13.2 Å². The number of aliphatic hydroxyl groups is 2. The molecule has 0 saturated heterocycles. The van der Waals surface area contributed by atoms with Crippen LogP contribution >= 0.6 is 0 Å². The molecule has 0 aromatic heterocycles.